The standard InChI is InChI=1S/C17H15N5S/c1-11-3-2-4-16(21-11)22-15-7-12(5-6-13(15)9-20-22)17-19-10-14(8-18)23-17/h2-7,9-10H,8,18H2,1H3. The third kappa shape index (κ3) is 2.52. The van der Waals surface area contributed by atoms with Crippen LogP contribution in [-0.4, -0.2) is 19.7 Å². The van der Waals surface area contributed by atoms with Crippen molar-refractivity contribution >= 4 is 22.2 Å². The molecule has 0 saturated carbocycles. The van der Waals surface area contributed by atoms with Gasteiger partial charge in [0.15, 0.2) is 5.82 Å². The van der Waals surface area contributed by atoms with Crippen LogP contribution in [0.3, 0.4) is 0 Å². The number of hydrogen-bond acceptors (Lipinski definition) is 5. The van der Waals surface area contributed by atoms with Crippen molar-refractivity contribution in [1.29, 1.82) is 0 Å². The molecule has 2 N–H and O–H groups in total. The zero-order valence-corrected chi connectivity index (χ0v) is 13.4. The van der Waals surface area contributed by atoms with Crippen LogP contribution in [0.1, 0.15) is 10.6 Å². The van der Waals surface area contributed by atoms with Gasteiger partial charge in [0.25, 0.3) is 0 Å². The normalized spacial score (nSPS) is 11.2. The lowest BCUT2D eigenvalue weighted by atomic mass is 10.2. The smallest absolute Gasteiger partial charge is 0.154 e. The van der Waals surface area contributed by atoms with Gasteiger partial charge in [0.2, 0.25) is 0 Å². The second-order valence-electron chi connectivity index (χ2n) is 5.30. The van der Waals surface area contributed by atoms with Crippen LogP contribution in [0.2, 0.25) is 0 Å². The molecular formula is C17H15N5S. The Morgan fingerprint density at radius 3 is 2.87 bits per heavy atom. The predicted molar refractivity (Wildman–Crippen MR) is 92.6 cm³/mol. The molecular weight excluding hydrogens is 306 g/mol. The summed E-state index contributed by atoms with van der Waals surface area (Å²) in [5.41, 5.74) is 8.73. The van der Waals surface area contributed by atoms with E-state index in [4.69, 9.17) is 5.73 Å². The quantitative estimate of drug-likeness (QED) is 0.628. The van der Waals surface area contributed by atoms with E-state index in [1.165, 1.54) is 0 Å². The number of nitrogens with two attached hydrogens (primary N) is 1. The number of benzene rings is 1. The zero-order chi connectivity index (χ0) is 15.8. The first-order valence-electron chi connectivity index (χ1n) is 7.31. The topological polar surface area (TPSA) is 69.6 Å². The Labute approximate surface area is 137 Å². The fraction of sp³-hybridized carbons (Fsp3) is 0.118. The van der Waals surface area contributed by atoms with Crippen molar-refractivity contribution in [3.8, 4) is 16.4 Å². The molecule has 0 radical (unpaired) electrons. The Bertz CT molecular complexity index is 985. The van der Waals surface area contributed by atoms with Crippen LogP contribution >= 0.6 is 11.3 Å². The summed E-state index contributed by atoms with van der Waals surface area (Å²) < 4.78 is 1.86. The van der Waals surface area contributed by atoms with E-state index in [1.54, 1.807) is 11.3 Å². The maximum atomic E-state index is 5.68. The van der Waals surface area contributed by atoms with Crippen molar-refractivity contribution in [2.75, 3.05) is 0 Å². The maximum Gasteiger partial charge on any atom is 0.154 e. The lowest BCUT2D eigenvalue weighted by Gasteiger charge is -2.04. The molecule has 0 amide bonds. The van der Waals surface area contributed by atoms with Crippen LogP contribution in [0.5, 0.6) is 0 Å². The Balaban J connectivity index is 1.86. The molecule has 0 spiro atoms. The molecule has 0 aliphatic rings. The average Bonchev–Trinajstić information content (AvgIpc) is 3.21. The molecule has 3 heterocycles. The van der Waals surface area contributed by atoms with E-state index in [0.29, 0.717) is 6.54 Å². The maximum absolute atomic E-state index is 5.68. The molecule has 6 heteroatoms. The third-order valence-electron chi connectivity index (χ3n) is 3.66. The number of pyridine rings is 1. The Morgan fingerprint density at radius 2 is 2.09 bits per heavy atom. The van der Waals surface area contributed by atoms with Crippen molar-refractivity contribution < 1.29 is 0 Å². The van der Waals surface area contributed by atoms with Crippen LogP contribution < -0.4 is 5.73 Å². The van der Waals surface area contributed by atoms with E-state index < -0.39 is 0 Å². The van der Waals surface area contributed by atoms with E-state index in [1.807, 2.05) is 42.2 Å². The molecule has 0 unspecified atom stereocenters. The lowest BCUT2D eigenvalue weighted by Crippen LogP contribution is -1.99. The van der Waals surface area contributed by atoms with Gasteiger partial charge in [-0.05, 0) is 25.1 Å². The molecule has 0 fully saturated rings. The lowest BCUT2D eigenvalue weighted by molar-refractivity contribution is 0.867. The number of thiazole rings is 1. The van der Waals surface area contributed by atoms with Gasteiger partial charge in [0, 0.05) is 34.3 Å². The van der Waals surface area contributed by atoms with Gasteiger partial charge in [-0.15, -0.1) is 11.3 Å². The summed E-state index contributed by atoms with van der Waals surface area (Å²) in [5.74, 6) is 0.818. The SMILES string of the molecule is Cc1cccc(-n2ncc3ccc(-c4ncc(CN)s4)cc32)n1. The first kappa shape index (κ1) is 14.0. The monoisotopic (exact) mass is 321 g/mol. The van der Waals surface area contributed by atoms with Crippen molar-refractivity contribution in [2.45, 2.75) is 13.5 Å². The van der Waals surface area contributed by atoms with Crippen LogP contribution in [0, 0.1) is 6.92 Å². The minimum atomic E-state index is 0.519. The van der Waals surface area contributed by atoms with Gasteiger partial charge in [-0.1, -0.05) is 18.2 Å². The highest BCUT2D eigenvalue weighted by molar-refractivity contribution is 7.15. The molecule has 0 bridgehead atoms. The van der Waals surface area contributed by atoms with E-state index in [9.17, 15) is 0 Å². The van der Waals surface area contributed by atoms with Gasteiger partial charge >= 0.3 is 0 Å². The molecule has 4 rings (SSSR count). The molecule has 4 aromatic rings. The van der Waals surface area contributed by atoms with Crippen molar-refractivity contribution in [2.24, 2.45) is 5.73 Å². The van der Waals surface area contributed by atoms with Crippen LogP contribution in [0.4, 0.5) is 0 Å². The van der Waals surface area contributed by atoms with E-state index in [-0.39, 0.29) is 0 Å². The fourth-order valence-corrected chi connectivity index (χ4v) is 3.30. The van der Waals surface area contributed by atoms with Gasteiger partial charge < -0.3 is 5.73 Å². The molecule has 0 aliphatic heterocycles. The van der Waals surface area contributed by atoms with Crippen molar-refractivity contribution in [1.82, 2.24) is 19.7 Å². The van der Waals surface area contributed by atoms with Gasteiger partial charge in [-0.3, -0.25) is 0 Å². The molecule has 0 saturated heterocycles. The molecule has 0 atom stereocenters. The first-order chi connectivity index (χ1) is 11.2. The fourth-order valence-electron chi connectivity index (χ4n) is 2.52. The summed E-state index contributed by atoms with van der Waals surface area (Å²) in [5, 5.41) is 6.53. The summed E-state index contributed by atoms with van der Waals surface area (Å²) in [6, 6.07) is 12.2. The Kier molecular flexibility index (Phi) is 3.40. The number of aryl methyl sites for hydroxylation is 1. The summed E-state index contributed by atoms with van der Waals surface area (Å²) in [4.78, 5) is 10.1. The zero-order valence-electron chi connectivity index (χ0n) is 12.6. The molecule has 0 aliphatic carbocycles. The number of hydrogen-bond donors (Lipinski definition) is 1. The van der Waals surface area contributed by atoms with Crippen molar-refractivity contribution in [3.63, 3.8) is 0 Å². The Morgan fingerprint density at radius 1 is 1.17 bits per heavy atom. The summed E-state index contributed by atoms with van der Waals surface area (Å²) in [7, 11) is 0. The van der Waals surface area contributed by atoms with Crippen molar-refractivity contribution in [3.05, 3.63) is 59.4 Å². The minimum Gasteiger partial charge on any atom is -0.326 e. The van der Waals surface area contributed by atoms with E-state index >= 15 is 0 Å². The summed E-state index contributed by atoms with van der Waals surface area (Å²) in [6.07, 6.45) is 3.69. The summed E-state index contributed by atoms with van der Waals surface area (Å²) >= 11 is 1.62. The highest BCUT2D eigenvalue weighted by Crippen LogP contribution is 2.28. The van der Waals surface area contributed by atoms with Crippen LogP contribution in [0.15, 0.2) is 48.8 Å². The first-order valence-corrected chi connectivity index (χ1v) is 8.13. The highest BCUT2D eigenvalue weighted by atomic mass is 32.1. The van der Waals surface area contributed by atoms with Gasteiger partial charge in [0.1, 0.15) is 5.01 Å². The number of fused-ring (bicyclic) bond motifs is 1. The average molecular weight is 321 g/mol. The second kappa shape index (κ2) is 5.57. The highest BCUT2D eigenvalue weighted by Gasteiger charge is 2.10. The molecule has 5 nitrogen and oxygen atoms in total. The van der Waals surface area contributed by atoms with Gasteiger partial charge in [-0.2, -0.15) is 5.10 Å². The third-order valence-corrected chi connectivity index (χ3v) is 4.73. The molecule has 23 heavy (non-hydrogen) atoms. The van der Waals surface area contributed by atoms with E-state index in [2.05, 4.69) is 33.3 Å². The Hall–Kier alpha value is -2.57. The minimum absolute atomic E-state index is 0.519. The second-order valence-corrected chi connectivity index (χ2v) is 6.42. The number of nitrogens with zero attached hydrogens (tertiary/aromatic N) is 4. The van der Waals surface area contributed by atoms with Crippen LogP contribution in [-0.2, 0) is 6.54 Å². The number of aromatic nitrogens is 4. The molecule has 114 valence electrons. The number of rotatable bonds is 3. The van der Waals surface area contributed by atoms with Gasteiger partial charge in [0.05, 0.1) is 11.7 Å². The molecule has 3 aromatic heterocycles. The summed E-state index contributed by atoms with van der Waals surface area (Å²) in [6.45, 7) is 2.50. The van der Waals surface area contributed by atoms with Crippen LogP contribution in [0.25, 0.3) is 27.3 Å². The largest absolute Gasteiger partial charge is 0.326 e. The van der Waals surface area contributed by atoms with E-state index in [0.717, 1.165) is 37.9 Å². The van der Waals surface area contributed by atoms with Gasteiger partial charge in [-0.25, -0.2) is 14.6 Å². The predicted octanol–water partition coefficient (Wildman–Crippen LogP) is 3.31. The molecule has 1 aromatic carbocycles.